The van der Waals surface area contributed by atoms with Gasteiger partial charge in [0.25, 0.3) is 0 Å². The minimum absolute atomic E-state index is 0.123. The summed E-state index contributed by atoms with van der Waals surface area (Å²) in [6, 6.07) is 4.87. The average molecular weight is 435 g/mol. The third-order valence-corrected chi connectivity index (χ3v) is 4.96. The number of primary amides is 1. The zero-order valence-corrected chi connectivity index (χ0v) is 16.1. The number of amides is 1. The molecular weight excluding hydrogens is 418 g/mol. The van der Waals surface area contributed by atoms with Crippen molar-refractivity contribution in [3.05, 3.63) is 59.3 Å². The zero-order valence-electron chi connectivity index (χ0n) is 16.1. The predicted octanol–water partition coefficient (Wildman–Crippen LogP) is 3.91. The van der Waals surface area contributed by atoms with Gasteiger partial charge >= 0.3 is 6.18 Å². The summed E-state index contributed by atoms with van der Waals surface area (Å²) >= 11 is 0. The highest BCUT2D eigenvalue weighted by atomic mass is 19.4. The van der Waals surface area contributed by atoms with E-state index in [9.17, 15) is 22.4 Å². The molecule has 4 rings (SSSR count). The molecule has 0 bridgehead atoms. The number of halogens is 4. The molecule has 1 amide bonds. The van der Waals surface area contributed by atoms with Crippen molar-refractivity contribution >= 4 is 5.91 Å². The van der Waals surface area contributed by atoms with Gasteiger partial charge in [0.2, 0.25) is 5.91 Å². The molecule has 0 spiro atoms. The fourth-order valence-electron chi connectivity index (χ4n) is 3.64. The van der Waals surface area contributed by atoms with Gasteiger partial charge in [0.05, 0.1) is 17.0 Å². The maximum Gasteiger partial charge on any atom is 0.416 e. The maximum absolute atomic E-state index is 13.6. The SMILES string of the molecule is NC(=O)CC1CCCc2c1nnn2-c1cc(Oc2cc(F)cc(C(F)(F)F)c2)ccn1. The van der Waals surface area contributed by atoms with Crippen LogP contribution in [0.25, 0.3) is 5.82 Å². The molecule has 11 heteroatoms. The fraction of sp³-hybridized carbons (Fsp3) is 0.300. The molecule has 3 aromatic rings. The van der Waals surface area contributed by atoms with E-state index in [0.29, 0.717) is 24.0 Å². The maximum atomic E-state index is 13.6. The number of benzene rings is 1. The zero-order chi connectivity index (χ0) is 22.2. The van der Waals surface area contributed by atoms with Crippen molar-refractivity contribution in [2.75, 3.05) is 0 Å². The largest absolute Gasteiger partial charge is 0.457 e. The van der Waals surface area contributed by atoms with E-state index in [1.807, 2.05) is 0 Å². The van der Waals surface area contributed by atoms with E-state index in [4.69, 9.17) is 10.5 Å². The number of alkyl halides is 3. The van der Waals surface area contributed by atoms with E-state index in [0.717, 1.165) is 30.7 Å². The van der Waals surface area contributed by atoms with Crippen LogP contribution in [0, 0.1) is 5.82 Å². The molecular formula is C20H17F4N5O2. The molecule has 1 aliphatic carbocycles. The van der Waals surface area contributed by atoms with E-state index < -0.39 is 23.5 Å². The Morgan fingerprint density at radius 2 is 2.03 bits per heavy atom. The van der Waals surface area contributed by atoms with Gasteiger partial charge in [-0.1, -0.05) is 5.21 Å². The van der Waals surface area contributed by atoms with Gasteiger partial charge in [-0.25, -0.2) is 9.37 Å². The van der Waals surface area contributed by atoms with E-state index in [1.54, 1.807) is 0 Å². The van der Waals surface area contributed by atoms with Gasteiger partial charge in [0.15, 0.2) is 5.82 Å². The van der Waals surface area contributed by atoms with Crippen molar-refractivity contribution in [1.82, 2.24) is 20.0 Å². The number of fused-ring (bicyclic) bond motifs is 1. The molecule has 162 valence electrons. The van der Waals surface area contributed by atoms with E-state index >= 15 is 0 Å². The molecule has 0 saturated carbocycles. The first-order valence-electron chi connectivity index (χ1n) is 9.45. The lowest BCUT2D eigenvalue weighted by Gasteiger charge is -2.20. The molecule has 7 nitrogen and oxygen atoms in total. The number of carbonyl (C=O) groups is 1. The number of hydrogen-bond acceptors (Lipinski definition) is 5. The van der Waals surface area contributed by atoms with Gasteiger partial charge in [0, 0.05) is 30.7 Å². The van der Waals surface area contributed by atoms with Gasteiger partial charge in [-0.15, -0.1) is 5.10 Å². The quantitative estimate of drug-likeness (QED) is 0.613. The third kappa shape index (κ3) is 4.49. The Morgan fingerprint density at radius 3 is 2.77 bits per heavy atom. The number of pyridine rings is 1. The first-order valence-corrected chi connectivity index (χ1v) is 9.45. The van der Waals surface area contributed by atoms with Gasteiger partial charge in [-0.3, -0.25) is 4.79 Å². The fourth-order valence-corrected chi connectivity index (χ4v) is 3.64. The minimum Gasteiger partial charge on any atom is -0.457 e. The van der Waals surface area contributed by atoms with Crippen LogP contribution in [0.3, 0.4) is 0 Å². The van der Waals surface area contributed by atoms with Crippen molar-refractivity contribution in [2.45, 2.75) is 37.8 Å². The summed E-state index contributed by atoms with van der Waals surface area (Å²) in [5.74, 6) is -1.43. The van der Waals surface area contributed by atoms with Crippen LogP contribution in [-0.2, 0) is 17.4 Å². The Morgan fingerprint density at radius 1 is 1.23 bits per heavy atom. The monoisotopic (exact) mass is 435 g/mol. The second kappa shape index (κ2) is 7.97. The van der Waals surface area contributed by atoms with Crippen LogP contribution in [0.1, 0.15) is 42.1 Å². The first kappa shape index (κ1) is 20.8. The molecule has 0 saturated heterocycles. The molecule has 31 heavy (non-hydrogen) atoms. The van der Waals surface area contributed by atoms with Crippen molar-refractivity contribution in [2.24, 2.45) is 5.73 Å². The molecule has 2 heterocycles. The van der Waals surface area contributed by atoms with E-state index in [1.165, 1.54) is 23.0 Å². The topological polar surface area (TPSA) is 95.9 Å². The molecule has 1 aliphatic rings. The Balaban J connectivity index is 1.63. The van der Waals surface area contributed by atoms with Crippen LogP contribution in [-0.4, -0.2) is 25.9 Å². The second-order valence-corrected chi connectivity index (χ2v) is 7.22. The number of carbonyl (C=O) groups excluding carboxylic acids is 1. The standard InChI is InChI=1S/C20H17F4N5O2/c21-13-7-12(20(22,23)24)8-15(9-13)31-14-4-5-26-18(10-14)29-16-3-1-2-11(6-17(25)30)19(16)27-28-29/h4-5,7-11H,1-3,6H2,(H2,25,30). The summed E-state index contributed by atoms with van der Waals surface area (Å²) in [6.45, 7) is 0. The molecule has 1 unspecified atom stereocenters. The molecule has 1 aromatic carbocycles. The Labute approximate surface area is 173 Å². The highest BCUT2D eigenvalue weighted by molar-refractivity contribution is 5.74. The van der Waals surface area contributed by atoms with Gasteiger partial charge in [-0.2, -0.15) is 17.9 Å². The summed E-state index contributed by atoms with van der Waals surface area (Å²) < 4.78 is 59.4. The average Bonchev–Trinajstić information content (AvgIpc) is 3.12. The van der Waals surface area contributed by atoms with Crippen molar-refractivity contribution in [1.29, 1.82) is 0 Å². The number of hydrogen-bond donors (Lipinski definition) is 1. The molecule has 2 N–H and O–H groups in total. The van der Waals surface area contributed by atoms with Crippen LogP contribution in [0.2, 0.25) is 0 Å². The van der Waals surface area contributed by atoms with Crippen LogP contribution in [0.5, 0.6) is 11.5 Å². The Kier molecular flexibility index (Phi) is 5.34. The lowest BCUT2D eigenvalue weighted by molar-refractivity contribution is -0.137. The summed E-state index contributed by atoms with van der Waals surface area (Å²) in [5.41, 5.74) is 5.63. The Hall–Kier alpha value is -3.50. The first-order chi connectivity index (χ1) is 14.7. The van der Waals surface area contributed by atoms with Crippen LogP contribution >= 0.6 is 0 Å². The lowest BCUT2D eigenvalue weighted by Crippen LogP contribution is -2.19. The molecule has 0 fully saturated rings. The molecule has 0 aliphatic heterocycles. The number of aromatic nitrogens is 4. The van der Waals surface area contributed by atoms with Gasteiger partial charge in [0.1, 0.15) is 17.3 Å². The number of nitrogens with zero attached hydrogens (tertiary/aromatic N) is 4. The summed E-state index contributed by atoms with van der Waals surface area (Å²) in [6.07, 6.45) is -0.881. The summed E-state index contributed by atoms with van der Waals surface area (Å²) in [5, 5.41) is 8.30. The third-order valence-electron chi connectivity index (χ3n) is 4.96. The van der Waals surface area contributed by atoms with Crippen molar-refractivity contribution in [3.8, 4) is 17.3 Å². The van der Waals surface area contributed by atoms with E-state index in [2.05, 4.69) is 15.3 Å². The Bertz CT molecular complexity index is 1130. The normalized spacial score (nSPS) is 16.1. The molecule has 0 radical (unpaired) electrons. The smallest absolute Gasteiger partial charge is 0.416 e. The summed E-state index contributed by atoms with van der Waals surface area (Å²) in [7, 11) is 0. The van der Waals surface area contributed by atoms with Gasteiger partial charge in [-0.05, 0) is 37.5 Å². The minimum atomic E-state index is -4.70. The summed E-state index contributed by atoms with van der Waals surface area (Å²) in [4.78, 5) is 15.6. The van der Waals surface area contributed by atoms with Crippen LogP contribution in [0.15, 0.2) is 36.5 Å². The van der Waals surface area contributed by atoms with Crippen molar-refractivity contribution < 1.29 is 27.1 Å². The lowest BCUT2D eigenvalue weighted by atomic mass is 9.87. The predicted molar refractivity (Wildman–Crippen MR) is 100 cm³/mol. The van der Waals surface area contributed by atoms with Crippen LogP contribution < -0.4 is 10.5 Å². The van der Waals surface area contributed by atoms with Gasteiger partial charge < -0.3 is 10.5 Å². The number of nitrogens with two attached hydrogens (primary N) is 1. The highest BCUT2D eigenvalue weighted by Gasteiger charge is 2.32. The molecule has 2 aromatic heterocycles. The molecule has 1 atom stereocenters. The highest BCUT2D eigenvalue weighted by Crippen LogP contribution is 2.35. The number of rotatable bonds is 5. The van der Waals surface area contributed by atoms with E-state index in [-0.39, 0.29) is 23.8 Å². The second-order valence-electron chi connectivity index (χ2n) is 7.22. The number of ether oxygens (including phenoxy) is 1. The van der Waals surface area contributed by atoms with Crippen molar-refractivity contribution in [3.63, 3.8) is 0 Å². The van der Waals surface area contributed by atoms with Crippen LogP contribution in [0.4, 0.5) is 17.6 Å².